The molecule has 1 amide bonds. The number of halogens is 1. The van der Waals surface area contributed by atoms with Crippen molar-refractivity contribution in [2.24, 2.45) is 4.99 Å². The summed E-state index contributed by atoms with van der Waals surface area (Å²) >= 11 is 0. The number of hydrogen-bond donors (Lipinski definition) is 2. The van der Waals surface area contributed by atoms with E-state index < -0.39 is 0 Å². The summed E-state index contributed by atoms with van der Waals surface area (Å²) in [6, 6.07) is 0. The summed E-state index contributed by atoms with van der Waals surface area (Å²) in [6.07, 6.45) is 10.4. The second-order valence-electron chi connectivity index (χ2n) is 7.38. The first kappa shape index (κ1) is 24.4. The Balaban J connectivity index is 0.00000364. The number of amides is 1. The molecular formula is C19H37IN4O3. The normalized spacial score (nSPS) is 21.3. The summed E-state index contributed by atoms with van der Waals surface area (Å²) in [5, 5.41) is 6.57. The number of aliphatic imine (C=N–C) groups is 1. The van der Waals surface area contributed by atoms with Gasteiger partial charge in [0.2, 0.25) is 5.91 Å². The second-order valence-corrected chi connectivity index (χ2v) is 7.38. The number of ether oxygens (including phenoxy) is 2. The minimum Gasteiger partial charge on any atom is -0.376 e. The number of guanidine groups is 1. The Labute approximate surface area is 181 Å². The van der Waals surface area contributed by atoms with E-state index in [0.717, 1.165) is 19.4 Å². The van der Waals surface area contributed by atoms with E-state index >= 15 is 0 Å². The van der Waals surface area contributed by atoms with Crippen LogP contribution in [-0.2, 0) is 14.3 Å². The van der Waals surface area contributed by atoms with Gasteiger partial charge < -0.3 is 25.0 Å². The van der Waals surface area contributed by atoms with Gasteiger partial charge in [0, 0.05) is 33.8 Å². The molecule has 0 aromatic carbocycles. The molecule has 2 rings (SSSR count). The van der Waals surface area contributed by atoms with Gasteiger partial charge in [-0.3, -0.25) is 4.79 Å². The summed E-state index contributed by atoms with van der Waals surface area (Å²) in [6.45, 7) is 3.03. The van der Waals surface area contributed by atoms with Crippen LogP contribution in [0.3, 0.4) is 0 Å². The van der Waals surface area contributed by atoms with Crippen LogP contribution >= 0.6 is 24.0 Å². The third-order valence-corrected chi connectivity index (χ3v) is 4.94. The number of carbonyl (C=O) groups excluding carboxylic acids is 1. The van der Waals surface area contributed by atoms with E-state index in [1.807, 2.05) is 0 Å². The molecule has 1 heterocycles. The second kappa shape index (κ2) is 14.4. The molecule has 0 spiro atoms. The zero-order valence-corrected chi connectivity index (χ0v) is 19.2. The van der Waals surface area contributed by atoms with Crippen molar-refractivity contribution in [1.82, 2.24) is 15.5 Å². The number of carbonyl (C=O) groups is 1. The molecule has 2 N–H and O–H groups in total. The standard InChI is InChI=1S/C19H36N4O3.HI/c1-23(2)18(24)15-22-19(21-14-17-10-7-12-25-17)20-11-13-26-16-8-5-3-4-6-9-16;/h16-17H,3-15H2,1-2H3,(H2,20,21,22);1H. The molecular weight excluding hydrogens is 459 g/mol. The molecule has 7 nitrogen and oxygen atoms in total. The highest BCUT2D eigenvalue weighted by Gasteiger charge is 2.16. The molecule has 1 unspecified atom stereocenters. The summed E-state index contributed by atoms with van der Waals surface area (Å²) in [5.74, 6) is 0.637. The monoisotopic (exact) mass is 496 g/mol. The smallest absolute Gasteiger partial charge is 0.243 e. The van der Waals surface area contributed by atoms with Crippen LogP contribution in [0.25, 0.3) is 0 Å². The summed E-state index contributed by atoms with van der Waals surface area (Å²) in [4.78, 5) is 17.7. The molecule has 1 saturated heterocycles. The number of nitrogens with zero attached hydrogens (tertiary/aromatic N) is 2. The van der Waals surface area contributed by atoms with Crippen LogP contribution in [0.5, 0.6) is 0 Å². The fraction of sp³-hybridized carbons (Fsp3) is 0.895. The average molecular weight is 496 g/mol. The Morgan fingerprint density at radius 3 is 2.48 bits per heavy atom. The molecule has 2 fully saturated rings. The van der Waals surface area contributed by atoms with Crippen molar-refractivity contribution >= 4 is 35.8 Å². The molecule has 2 aliphatic rings. The van der Waals surface area contributed by atoms with Gasteiger partial charge in [0.25, 0.3) is 0 Å². The molecule has 1 aliphatic heterocycles. The van der Waals surface area contributed by atoms with Crippen LogP contribution in [-0.4, -0.2) is 75.9 Å². The molecule has 0 bridgehead atoms. The Hall–Kier alpha value is -0.610. The SMILES string of the molecule is CN(C)C(=O)CN=C(NCCOC1CCCCCC1)NCC1CCCO1.I. The lowest BCUT2D eigenvalue weighted by Gasteiger charge is -2.18. The minimum absolute atomic E-state index is 0. The maximum Gasteiger partial charge on any atom is 0.243 e. The van der Waals surface area contributed by atoms with Crippen LogP contribution in [0.4, 0.5) is 0 Å². The maximum absolute atomic E-state index is 11.8. The van der Waals surface area contributed by atoms with E-state index in [0.29, 0.717) is 31.8 Å². The quantitative estimate of drug-likeness (QED) is 0.177. The van der Waals surface area contributed by atoms with Gasteiger partial charge in [-0.2, -0.15) is 0 Å². The molecule has 0 aromatic rings. The fourth-order valence-electron chi connectivity index (χ4n) is 3.28. The first-order valence-electron chi connectivity index (χ1n) is 10.1. The van der Waals surface area contributed by atoms with Crippen molar-refractivity contribution in [1.29, 1.82) is 0 Å². The number of rotatable bonds is 8. The van der Waals surface area contributed by atoms with Crippen molar-refractivity contribution in [2.75, 3.05) is 46.9 Å². The van der Waals surface area contributed by atoms with Crippen LogP contribution in [0.2, 0.25) is 0 Å². The largest absolute Gasteiger partial charge is 0.376 e. The van der Waals surface area contributed by atoms with Crippen molar-refractivity contribution in [2.45, 2.75) is 63.6 Å². The Morgan fingerprint density at radius 2 is 1.85 bits per heavy atom. The van der Waals surface area contributed by atoms with Gasteiger partial charge in [-0.1, -0.05) is 25.7 Å². The lowest BCUT2D eigenvalue weighted by molar-refractivity contribution is -0.127. The zero-order valence-electron chi connectivity index (χ0n) is 16.9. The molecule has 1 saturated carbocycles. The van der Waals surface area contributed by atoms with Crippen LogP contribution in [0, 0.1) is 0 Å². The predicted octanol–water partition coefficient (Wildman–Crippen LogP) is 2.15. The molecule has 1 atom stereocenters. The Morgan fingerprint density at radius 1 is 1.11 bits per heavy atom. The average Bonchev–Trinajstić information content (AvgIpc) is 3.02. The lowest BCUT2D eigenvalue weighted by Crippen LogP contribution is -2.43. The highest BCUT2D eigenvalue weighted by atomic mass is 127. The van der Waals surface area contributed by atoms with Crippen LogP contribution in [0.1, 0.15) is 51.4 Å². The van der Waals surface area contributed by atoms with Gasteiger partial charge in [-0.25, -0.2) is 4.99 Å². The van der Waals surface area contributed by atoms with Gasteiger partial charge in [0.15, 0.2) is 5.96 Å². The van der Waals surface area contributed by atoms with E-state index in [1.54, 1.807) is 19.0 Å². The fourth-order valence-corrected chi connectivity index (χ4v) is 3.28. The third kappa shape index (κ3) is 10.5. The van der Waals surface area contributed by atoms with Gasteiger partial charge >= 0.3 is 0 Å². The zero-order chi connectivity index (χ0) is 18.6. The molecule has 0 radical (unpaired) electrons. The van der Waals surface area contributed by atoms with Crippen molar-refractivity contribution < 1.29 is 14.3 Å². The van der Waals surface area contributed by atoms with E-state index in [4.69, 9.17) is 9.47 Å². The highest BCUT2D eigenvalue weighted by molar-refractivity contribution is 14.0. The Kier molecular flexibility index (Phi) is 13.0. The van der Waals surface area contributed by atoms with E-state index in [-0.39, 0.29) is 42.5 Å². The third-order valence-electron chi connectivity index (χ3n) is 4.94. The van der Waals surface area contributed by atoms with E-state index in [2.05, 4.69) is 15.6 Å². The minimum atomic E-state index is -0.0158. The highest BCUT2D eigenvalue weighted by Crippen LogP contribution is 2.19. The molecule has 8 heteroatoms. The number of hydrogen-bond acceptors (Lipinski definition) is 4. The first-order chi connectivity index (χ1) is 12.6. The van der Waals surface area contributed by atoms with E-state index in [1.165, 1.54) is 38.5 Å². The van der Waals surface area contributed by atoms with Crippen molar-refractivity contribution in [3.63, 3.8) is 0 Å². The molecule has 27 heavy (non-hydrogen) atoms. The van der Waals surface area contributed by atoms with Crippen molar-refractivity contribution in [3.05, 3.63) is 0 Å². The molecule has 1 aliphatic carbocycles. The van der Waals surface area contributed by atoms with Gasteiger partial charge in [0.05, 0.1) is 18.8 Å². The number of nitrogens with one attached hydrogen (secondary N) is 2. The topological polar surface area (TPSA) is 75.2 Å². The van der Waals surface area contributed by atoms with Crippen LogP contribution in [0.15, 0.2) is 4.99 Å². The van der Waals surface area contributed by atoms with Gasteiger partial charge in [0.1, 0.15) is 6.54 Å². The molecule has 158 valence electrons. The van der Waals surface area contributed by atoms with Gasteiger partial charge in [-0.05, 0) is 25.7 Å². The maximum atomic E-state index is 11.8. The lowest BCUT2D eigenvalue weighted by atomic mass is 10.1. The predicted molar refractivity (Wildman–Crippen MR) is 119 cm³/mol. The summed E-state index contributed by atoms with van der Waals surface area (Å²) < 4.78 is 11.6. The van der Waals surface area contributed by atoms with Gasteiger partial charge in [-0.15, -0.1) is 24.0 Å². The first-order valence-corrected chi connectivity index (χ1v) is 10.1. The van der Waals surface area contributed by atoms with E-state index in [9.17, 15) is 4.79 Å². The van der Waals surface area contributed by atoms with Crippen LogP contribution < -0.4 is 10.6 Å². The molecule has 0 aromatic heterocycles. The number of likely N-dealkylation sites (N-methyl/N-ethyl adjacent to an activating group) is 1. The summed E-state index contributed by atoms with van der Waals surface area (Å²) in [5.41, 5.74) is 0. The Bertz CT molecular complexity index is 435. The van der Waals surface area contributed by atoms with Crippen molar-refractivity contribution in [3.8, 4) is 0 Å². The summed E-state index contributed by atoms with van der Waals surface area (Å²) in [7, 11) is 3.48.